The molecule has 2 fully saturated rings. The molecule has 2 N–H and O–H groups in total. The molecule has 1 spiro atoms. The highest BCUT2D eigenvalue weighted by atomic mass is 35.5. The molecule has 3 heterocycles. The van der Waals surface area contributed by atoms with E-state index < -0.39 is 5.60 Å². The van der Waals surface area contributed by atoms with Crippen molar-refractivity contribution < 1.29 is 9.53 Å². The third-order valence-corrected chi connectivity index (χ3v) is 6.64. The second kappa shape index (κ2) is 9.75. The van der Waals surface area contributed by atoms with Crippen molar-refractivity contribution in [1.29, 1.82) is 0 Å². The fourth-order valence-corrected chi connectivity index (χ4v) is 5.01. The summed E-state index contributed by atoms with van der Waals surface area (Å²) in [5.41, 5.74) is 7.28. The summed E-state index contributed by atoms with van der Waals surface area (Å²) in [6, 6.07) is 14.2. The summed E-state index contributed by atoms with van der Waals surface area (Å²) < 4.78 is 5.49. The first-order valence-corrected chi connectivity index (χ1v) is 12.5. The van der Waals surface area contributed by atoms with Gasteiger partial charge in [0, 0.05) is 60.4 Å². The first-order valence-electron chi connectivity index (χ1n) is 12.1. The Morgan fingerprint density at radius 1 is 1.08 bits per heavy atom. The number of hydrogen-bond donors (Lipinski definition) is 1. The molecule has 9 heteroatoms. The van der Waals surface area contributed by atoms with Crippen LogP contribution >= 0.6 is 11.6 Å². The molecule has 1 amide bonds. The average Bonchev–Trinajstić information content (AvgIpc) is 2.76. The third-order valence-electron chi connectivity index (χ3n) is 6.41. The Morgan fingerprint density at radius 2 is 1.78 bits per heavy atom. The van der Waals surface area contributed by atoms with Crippen molar-refractivity contribution in [3.63, 3.8) is 0 Å². The van der Waals surface area contributed by atoms with Gasteiger partial charge in [-0.25, -0.2) is 14.8 Å². The number of benzene rings is 2. The quantitative estimate of drug-likeness (QED) is 0.531. The van der Waals surface area contributed by atoms with Crippen molar-refractivity contribution in [2.24, 2.45) is 11.1 Å². The average molecular weight is 511 g/mol. The number of likely N-dealkylation sites (tertiary alicyclic amines) is 1. The van der Waals surface area contributed by atoms with E-state index in [9.17, 15) is 4.79 Å². The fourth-order valence-electron chi connectivity index (χ4n) is 4.84. The molecule has 0 saturated carbocycles. The van der Waals surface area contributed by atoms with E-state index in [0.29, 0.717) is 10.8 Å². The van der Waals surface area contributed by atoms with Crippen molar-refractivity contribution in [2.45, 2.75) is 33.3 Å². The summed E-state index contributed by atoms with van der Waals surface area (Å²) in [4.78, 5) is 27.8. The first kappa shape index (κ1) is 26.0. The van der Waals surface area contributed by atoms with Crippen LogP contribution in [0, 0.1) is 12.3 Å². The van der Waals surface area contributed by atoms with Crippen molar-refractivity contribution in [1.82, 2.24) is 14.9 Å². The maximum Gasteiger partial charge on any atom is 0.410 e. The number of nitrogens with two attached hydrogens (primary N) is 1. The number of aromatic nitrogens is 2. The number of aryl methyl sites for hydroxylation is 1. The Morgan fingerprint density at radius 3 is 2.44 bits per heavy atom. The highest BCUT2D eigenvalue weighted by molar-refractivity contribution is 6.31. The molecule has 2 aliphatic rings. The number of amides is 1. The van der Waals surface area contributed by atoms with Crippen LogP contribution < -0.4 is 15.5 Å². The van der Waals surface area contributed by atoms with Gasteiger partial charge in [-0.15, -0.1) is 0 Å². The lowest BCUT2D eigenvalue weighted by Crippen LogP contribution is -2.73. The molecule has 2 saturated heterocycles. The van der Waals surface area contributed by atoms with Crippen LogP contribution in [0.2, 0.25) is 5.02 Å². The van der Waals surface area contributed by atoms with E-state index in [0.717, 1.165) is 48.6 Å². The Kier molecular flexibility index (Phi) is 7.03. The fraction of sp³-hybridized carbons (Fsp3) is 0.444. The number of halogens is 1. The van der Waals surface area contributed by atoms with Crippen LogP contribution in [0.4, 0.5) is 22.0 Å². The molecule has 8 nitrogen and oxygen atoms in total. The van der Waals surface area contributed by atoms with Crippen molar-refractivity contribution in [3.8, 4) is 0 Å². The summed E-state index contributed by atoms with van der Waals surface area (Å²) in [5.74, 6) is 1.56. The second-order valence-electron chi connectivity index (χ2n) is 10.5. The number of rotatable bonds is 3. The minimum atomic E-state index is -0.461. The van der Waals surface area contributed by atoms with Crippen LogP contribution in [-0.4, -0.2) is 66.8 Å². The molecule has 0 unspecified atom stereocenters. The lowest BCUT2D eigenvalue weighted by atomic mass is 9.73. The zero-order chi connectivity index (χ0) is 26.3. The van der Waals surface area contributed by atoms with Gasteiger partial charge in [-0.2, -0.15) is 0 Å². The minimum Gasteiger partial charge on any atom is -0.444 e. The lowest BCUT2D eigenvalue weighted by molar-refractivity contribution is -0.0452. The predicted molar refractivity (Wildman–Crippen MR) is 146 cm³/mol. The van der Waals surface area contributed by atoms with E-state index in [1.165, 1.54) is 12.7 Å². The Labute approximate surface area is 218 Å². The van der Waals surface area contributed by atoms with Crippen LogP contribution in [-0.2, 0) is 4.74 Å². The molecule has 1 aromatic heterocycles. The van der Waals surface area contributed by atoms with Crippen LogP contribution in [0.25, 0.3) is 10.9 Å². The molecular formula is C27H35ClN6O2. The van der Waals surface area contributed by atoms with E-state index >= 15 is 0 Å². The molecular weight excluding hydrogens is 476 g/mol. The highest BCUT2D eigenvalue weighted by Gasteiger charge is 2.54. The molecule has 0 atom stereocenters. The van der Waals surface area contributed by atoms with Gasteiger partial charge >= 0.3 is 6.09 Å². The van der Waals surface area contributed by atoms with Crippen molar-refractivity contribution >= 4 is 45.8 Å². The molecule has 2 aromatic carbocycles. The second-order valence-corrected chi connectivity index (χ2v) is 11.0. The minimum absolute atomic E-state index is 0.179. The number of fused-ring (bicyclic) bond motifs is 1. The topological polar surface area (TPSA) is 87.8 Å². The van der Waals surface area contributed by atoms with Gasteiger partial charge in [-0.1, -0.05) is 17.7 Å². The molecule has 5 rings (SSSR count). The van der Waals surface area contributed by atoms with Gasteiger partial charge in [0.25, 0.3) is 0 Å². The number of hydrogen-bond acceptors (Lipinski definition) is 7. The maximum absolute atomic E-state index is 12.3. The zero-order valence-corrected chi connectivity index (χ0v) is 22.6. The molecule has 0 radical (unpaired) electrons. The van der Waals surface area contributed by atoms with E-state index in [4.69, 9.17) is 21.3 Å². The zero-order valence-electron chi connectivity index (χ0n) is 21.9. The summed E-state index contributed by atoms with van der Waals surface area (Å²) in [6.07, 6.45) is -0.214. The van der Waals surface area contributed by atoms with E-state index in [2.05, 4.69) is 44.8 Å². The number of anilines is 3. The smallest absolute Gasteiger partial charge is 0.410 e. The van der Waals surface area contributed by atoms with E-state index in [1.54, 1.807) is 0 Å². The van der Waals surface area contributed by atoms with Crippen LogP contribution in [0.5, 0.6) is 0 Å². The number of nitrogens with zero attached hydrogens (tertiary/aromatic N) is 5. The Balaban J connectivity index is 0.00000148. The molecule has 3 aromatic rings. The standard InChI is InChI=1S/C26H30ClN5O2.CH5N/c1-17-28-22-11-18(27)9-10-21(22)23(29-17)30(5)19-7-6-8-20(12-19)31-13-26(14-31)15-32(16-26)24(33)34-25(2,3)4;1-2/h6-12H,13-16H2,1-5H3;2H2,1H3. The van der Waals surface area contributed by atoms with Gasteiger partial charge in [0.05, 0.1) is 5.52 Å². The summed E-state index contributed by atoms with van der Waals surface area (Å²) in [5, 5.41) is 1.62. The van der Waals surface area contributed by atoms with Gasteiger partial charge in [0.15, 0.2) is 0 Å². The summed E-state index contributed by atoms with van der Waals surface area (Å²) >= 11 is 6.18. The predicted octanol–water partition coefficient (Wildman–Crippen LogP) is 4.99. The van der Waals surface area contributed by atoms with Crippen molar-refractivity contribution in [2.75, 3.05) is 50.1 Å². The van der Waals surface area contributed by atoms with E-state index in [-0.39, 0.29) is 11.5 Å². The first-order chi connectivity index (χ1) is 17.0. The molecule has 0 aliphatic carbocycles. The van der Waals surface area contributed by atoms with Crippen LogP contribution in [0.3, 0.4) is 0 Å². The Bertz CT molecular complexity index is 1260. The summed E-state index contributed by atoms with van der Waals surface area (Å²) in [7, 11) is 3.52. The Hall–Kier alpha value is -3.10. The van der Waals surface area contributed by atoms with Gasteiger partial charge in [0.2, 0.25) is 0 Å². The largest absolute Gasteiger partial charge is 0.444 e. The number of ether oxygens (including phenoxy) is 1. The molecule has 2 aliphatic heterocycles. The molecule has 36 heavy (non-hydrogen) atoms. The van der Waals surface area contributed by atoms with E-state index in [1.807, 2.05) is 57.8 Å². The lowest BCUT2D eigenvalue weighted by Gasteiger charge is -2.60. The summed E-state index contributed by atoms with van der Waals surface area (Å²) in [6.45, 7) is 11.0. The molecule has 192 valence electrons. The van der Waals surface area contributed by atoms with Gasteiger partial charge in [0.1, 0.15) is 17.2 Å². The third kappa shape index (κ3) is 5.20. The molecule has 0 bridgehead atoms. The van der Waals surface area contributed by atoms with Crippen molar-refractivity contribution in [3.05, 3.63) is 53.3 Å². The highest BCUT2D eigenvalue weighted by Crippen LogP contribution is 2.43. The number of carbonyl (C=O) groups excluding carboxylic acids is 1. The van der Waals surface area contributed by atoms with Gasteiger partial charge in [-0.05, 0) is 71.1 Å². The van der Waals surface area contributed by atoms with Crippen LogP contribution in [0.1, 0.15) is 26.6 Å². The maximum atomic E-state index is 12.3. The normalized spacial score (nSPS) is 16.1. The van der Waals surface area contributed by atoms with Crippen LogP contribution in [0.15, 0.2) is 42.5 Å². The monoisotopic (exact) mass is 510 g/mol. The van der Waals surface area contributed by atoms with Gasteiger partial charge in [-0.3, -0.25) is 0 Å². The SMILES string of the molecule is CN.Cc1nc(N(C)c2cccc(N3CC4(CN(C(=O)OC(C)(C)C)C4)C3)c2)c2ccc(Cl)cc2n1. The number of carbonyl (C=O) groups is 1. The van der Waals surface area contributed by atoms with Gasteiger partial charge < -0.3 is 25.2 Å².